The van der Waals surface area contributed by atoms with Gasteiger partial charge in [-0.05, 0) is 0 Å². The molecule has 7 heteroatoms. The molecule has 0 saturated carbocycles. The maximum atomic E-state index is 11.5. The second-order valence-corrected chi connectivity index (χ2v) is 3.63. The number of carboxylic acids is 1. The van der Waals surface area contributed by atoms with Gasteiger partial charge in [0.05, 0.1) is 12.0 Å². The maximum Gasteiger partial charge on any atom is 0.343 e. The Labute approximate surface area is 99.1 Å². The molecule has 1 heterocycles. The average Bonchev–Trinajstić information content (AvgIpc) is 2.22. The summed E-state index contributed by atoms with van der Waals surface area (Å²) in [7, 11) is 0. The van der Waals surface area contributed by atoms with E-state index in [0.29, 0.717) is 0 Å². The van der Waals surface area contributed by atoms with E-state index in [9.17, 15) is 24.9 Å². The molecule has 94 valence electrons. The molecule has 0 spiro atoms. The van der Waals surface area contributed by atoms with Crippen LogP contribution in [0.3, 0.4) is 0 Å². The average molecular weight is 252 g/mol. The number of phenolic OH excluding ortho intramolecular Hbond substituents is 2. The number of carbonyl (C=O) groups is 1. The van der Waals surface area contributed by atoms with Crippen LogP contribution in [0.1, 0.15) is 5.56 Å². The molecular formula is C11H8O7. The van der Waals surface area contributed by atoms with Gasteiger partial charge in [0, 0.05) is 12.1 Å². The number of aromatic hydroxyl groups is 3. The van der Waals surface area contributed by atoms with Crippen molar-refractivity contribution in [3.63, 3.8) is 0 Å². The van der Waals surface area contributed by atoms with Crippen molar-refractivity contribution in [2.75, 3.05) is 0 Å². The first-order chi connectivity index (χ1) is 8.40. The molecule has 7 nitrogen and oxygen atoms in total. The first-order valence-electron chi connectivity index (χ1n) is 4.82. The van der Waals surface area contributed by atoms with Crippen molar-refractivity contribution >= 4 is 16.9 Å². The highest BCUT2D eigenvalue weighted by atomic mass is 16.4. The van der Waals surface area contributed by atoms with E-state index in [-0.39, 0.29) is 16.7 Å². The number of phenols is 2. The highest BCUT2D eigenvalue weighted by Crippen LogP contribution is 2.36. The van der Waals surface area contributed by atoms with Gasteiger partial charge >= 0.3 is 11.6 Å². The molecule has 0 bridgehead atoms. The van der Waals surface area contributed by atoms with Crippen molar-refractivity contribution in [1.29, 1.82) is 0 Å². The zero-order valence-corrected chi connectivity index (χ0v) is 8.88. The summed E-state index contributed by atoms with van der Waals surface area (Å²) >= 11 is 0. The van der Waals surface area contributed by atoms with Crippen LogP contribution in [-0.2, 0) is 11.2 Å². The Morgan fingerprint density at radius 3 is 2.50 bits per heavy atom. The second kappa shape index (κ2) is 3.95. The molecule has 0 unspecified atom stereocenters. The van der Waals surface area contributed by atoms with Gasteiger partial charge < -0.3 is 24.8 Å². The molecule has 1 aromatic heterocycles. The summed E-state index contributed by atoms with van der Waals surface area (Å²) in [5.41, 5.74) is -1.73. The number of aliphatic carboxylic acids is 1. The number of fused-ring (bicyclic) bond motifs is 1. The lowest BCUT2D eigenvalue weighted by molar-refractivity contribution is -0.136. The van der Waals surface area contributed by atoms with E-state index in [4.69, 9.17) is 9.52 Å². The Bertz CT molecular complexity index is 699. The SMILES string of the molecule is O=C(O)Cc1c(O)c2c(O)cc(O)cc2oc1=O. The third-order valence-electron chi connectivity index (χ3n) is 2.37. The first-order valence-corrected chi connectivity index (χ1v) is 4.82. The van der Waals surface area contributed by atoms with Gasteiger partial charge in [0.15, 0.2) is 0 Å². The Morgan fingerprint density at radius 1 is 1.22 bits per heavy atom. The van der Waals surface area contributed by atoms with Crippen LogP contribution in [0.15, 0.2) is 21.3 Å². The highest BCUT2D eigenvalue weighted by Gasteiger charge is 2.19. The van der Waals surface area contributed by atoms with Gasteiger partial charge in [-0.25, -0.2) is 4.79 Å². The molecule has 0 aliphatic carbocycles. The number of hydrogen-bond donors (Lipinski definition) is 4. The molecule has 0 radical (unpaired) electrons. The molecule has 18 heavy (non-hydrogen) atoms. The van der Waals surface area contributed by atoms with E-state index in [2.05, 4.69) is 0 Å². The summed E-state index contributed by atoms with van der Waals surface area (Å²) < 4.78 is 4.74. The van der Waals surface area contributed by atoms with E-state index in [1.807, 2.05) is 0 Å². The summed E-state index contributed by atoms with van der Waals surface area (Å²) in [5.74, 6) is -2.86. The Morgan fingerprint density at radius 2 is 1.89 bits per heavy atom. The van der Waals surface area contributed by atoms with Crippen LogP contribution in [0.4, 0.5) is 0 Å². The highest BCUT2D eigenvalue weighted by molar-refractivity contribution is 5.91. The summed E-state index contributed by atoms with van der Waals surface area (Å²) in [5, 5.41) is 36.9. The van der Waals surface area contributed by atoms with Crippen molar-refractivity contribution in [2.45, 2.75) is 6.42 Å². The summed E-state index contributed by atoms with van der Waals surface area (Å²) in [4.78, 5) is 22.0. The van der Waals surface area contributed by atoms with E-state index in [1.165, 1.54) is 0 Å². The standard InChI is InChI=1S/C11H8O7/c12-4-1-6(13)9-7(2-4)18-11(17)5(10(9)16)3-8(14)15/h1-2,12-13,16H,3H2,(H,14,15). The normalized spacial score (nSPS) is 10.7. The topological polar surface area (TPSA) is 128 Å². The predicted molar refractivity (Wildman–Crippen MR) is 58.8 cm³/mol. The van der Waals surface area contributed by atoms with Crippen molar-refractivity contribution in [3.8, 4) is 17.2 Å². The van der Waals surface area contributed by atoms with Gasteiger partial charge in [-0.3, -0.25) is 4.79 Å². The molecular weight excluding hydrogens is 244 g/mol. The van der Waals surface area contributed by atoms with Crippen LogP contribution >= 0.6 is 0 Å². The molecule has 0 aliphatic rings. The zero-order chi connectivity index (χ0) is 13.4. The minimum Gasteiger partial charge on any atom is -0.508 e. The minimum atomic E-state index is -1.32. The Kier molecular flexibility index (Phi) is 2.59. The zero-order valence-electron chi connectivity index (χ0n) is 8.88. The summed E-state index contributed by atoms with van der Waals surface area (Å²) in [6.07, 6.45) is -0.732. The van der Waals surface area contributed by atoms with Crippen LogP contribution in [0, 0.1) is 0 Å². The molecule has 0 aliphatic heterocycles. The van der Waals surface area contributed by atoms with Crippen LogP contribution in [-0.4, -0.2) is 26.4 Å². The lowest BCUT2D eigenvalue weighted by Crippen LogP contribution is -2.12. The molecule has 0 atom stereocenters. The lowest BCUT2D eigenvalue weighted by atomic mass is 10.1. The molecule has 4 N–H and O–H groups in total. The first kappa shape index (κ1) is 11.8. The summed E-state index contributed by atoms with van der Waals surface area (Å²) in [6.45, 7) is 0. The molecule has 0 saturated heterocycles. The van der Waals surface area contributed by atoms with Crippen molar-refractivity contribution in [1.82, 2.24) is 0 Å². The monoisotopic (exact) mass is 252 g/mol. The van der Waals surface area contributed by atoms with Crippen molar-refractivity contribution in [2.24, 2.45) is 0 Å². The van der Waals surface area contributed by atoms with Gasteiger partial charge in [-0.2, -0.15) is 0 Å². The fourth-order valence-electron chi connectivity index (χ4n) is 1.62. The Balaban J connectivity index is 2.85. The largest absolute Gasteiger partial charge is 0.508 e. The third-order valence-corrected chi connectivity index (χ3v) is 2.37. The molecule has 2 rings (SSSR count). The predicted octanol–water partition coefficient (Wildman–Crippen LogP) is 0.537. The van der Waals surface area contributed by atoms with Gasteiger partial charge in [-0.1, -0.05) is 0 Å². The minimum absolute atomic E-state index is 0.219. The number of carboxylic acid groups (broad SMARTS) is 1. The molecule has 1 aromatic carbocycles. The van der Waals surface area contributed by atoms with E-state index in [1.54, 1.807) is 0 Å². The van der Waals surface area contributed by atoms with Gasteiger partial charge in [0.1, 0.15) is 28.2 Å². The van der Waals surface area contributed by atoms with Crippen LogP contribution in [0.5, 0.6) is 17.2 Å². The number of benzene rings is 1. The molecule has 2 aromatic rings. The van der Waals surface area contributed by atoms with Crippen LogP contribution < -0.4 is 5.63 Å². The van der Waals surface area contributed by atoms with Crippen molar-refractivity contribution < 1.29 is 29.6 Å². The van der Waals surface area contributed by atoms with E-state index < -0.39 is 35.1 Å². The van der Waals surface area contributed by atoms with Crippen LogP contribution in [0.2, 0.25) is 0 Å². The van der Waals surface area contributed by atoms with E-state index in [0.717, 1.165) is 12.1 Å². The second-order valence-electron chi connectivity index (χ2n) is 3.63. The van der Waals surface area contributed by atoms with Crippen molar-refractivity contribution in [3.05, 3.63) is 28.1 Å². The van der Waals surface area contributed by atoms with Gasteiger partial charge in [0.25, 0.3) is 0 Å². The quantitative estimate of drug-likeness (QED) is 0.574. The molecule has 0 amide bonds. The Hall–Kier alpha value is -2.70. The van der Waals surface area contributed by atoms with Crippen LogP contribution in [0.25, 0.3) is 11.0 Å². The number of hydrogen-bond acceptors (Lipinski definition) is 6. The smallest absolute Gasteiger partial charge is 0.343 e. The fraction of sp³-hybridized carbons (Fsp3) is 0.0909. The number of rotatable bonds is 2. The third kappa shape index (κ3) is 1.81. The van der Waals surface area contributed by atoms with Gasteiger partial charge in [0.2, 0.25) is 0 Å². The lowest BCUT2D eigenvalue weighted by Gasteiger charge is -2.06. The molecule has 0 fully saturated rings. The van der Waals surface area contributed by atoms with Gasteiger partial charge in [-0.15, -0.1) is 0 Å². The van der Waals surface area contributed by atoms with E-state index >= 15 is 0 Å². The maximum absolute atomic E-state index is 11.5. The fourth-order valence-corrected chi connectivity index (χ4v) is 1.62. The summed E-state index contributed by atoms with van der Waals surface area (Å²) in [6, 6.07) is 1.97.